The van der Waals surface area contributed by atoms with Gasteiger partial charge in [0.25, 0.3) is 5.91 Å². The summed E-state index contributed by atoms with van der Waals surface area (Å²) in [6.07, 6.45) is 3.35. The van der Waals surface area contributed by atoms with E-state index < -0.39 is 5.97 Å². The summed E-state index contributed by atoms with van der Waals surface area (Å²) < 4.78 is 26.8. The lowest BCUT2D eigenvalue weighted by molar-refractivity contribution is -0.143. The number of carbonyl (C=O) groups is 2. The lowest BCUT2D eigenvalue weighted by Crippen LogP contribution is -2.30. The maximum absolute atomic E-state index is 12.0. The maximum atomic E-state index is 12.0. The molecular formula is C24H26ClNO7. The van der Waals surface area contributed by atoms with Gasteiger partial charge >= 0.3 is 5.97 Å². The van der Waals surface area contributed by atoms with Gasteiger partial charge in [0.1, 0.15) is 13.2 Å². The quantitative estimate of drug-likeness (QED) is 0.415. The molecule has 0 fully saturated rings. The Balaban J connectivity index is 1.43. The summed E-state index contributed by atoms with van der Waals surface area (Å²) in [5, 5.41) is 3.08. The van der Waals surface area contributed by atoms with Crippen molar-refractivity contribution in [1.82, 2.24) is 5.32 Å². The van der Waals surface area contributed by atoms with Gasteiger partial charge in [-0.1, -0.05) is 17.7 Å². The molecule has 33 heavy (non-hydrogen) atoms. The first-order chi connectivity index (χ1) is 16.0. The summed E-state index contributed by atoms with van der Waals surface area (Å²) >= 11 is 6.19. The fraction of sp³-hybridized carbons (Fsp3) is 0.333. The number of benzene rings is 2. The van der Waals surface area contributed by atoms with Gasteiger partial charge in [0.2, 0.25) is 0 Å². The summed E-state index contributed by atoms with van der Waals surface area (Å²) in [5.41, 5.74) is 1.63. The third-order valence-corrected chi connectivity index (χ3v) is 4.92. The number of hydrogen-bond acceptors (Lipinski definition) is 7. The highest BCUT2D eigenvalue weighted by molar-refractivity contribution is 6.32. The van der Waals surface area contributed by atoms with Gasteiger partial charge in [-0.15, -0.1) is 0 Å². The summed E-state index contributed by atoms with van der Waals surface area (Å²) in [7, 11) is 1.50. The van der Waals surface area contributed by atoms with Crippen LogP contribution in [0.15, 0.2) is 36.4 Å². The van der Waals surface area contributed by atoms with E-state index in [4.69, 9.17) is 35.3 Å². The van der Waals surface area contributed by atoms with Gasteiger partial charge in [0.15, 0.2) is 29.6 Å². The molecule has 176 valence electrons. The number of nitrogens with one attached hydrogen (secondary N) is 1. The SMILES string of the molecule is CCOc1cc(C=CC(=O)OCC(=O)NCCc2ccc3c(c2)OCCO3)cc(Cl)c1OC. The third kappa shape index (κ3) is 7.05. The first-order valence-electron chi connectivity index (χ1n) is 10.5. The normalized spacial score (nSPS) is 12.3. The van der Waals surface area contributed by atoms with Crippen molar-refractivity contribution in [2.75, 3.05) is 40.1 Å². The second-order valence-corrected chi connectivity index (χ2v) is 7.39. The predicted octanol–water partition coefficient (Wildman–Crippen LogP) is 3.43. The van der Waals surface area contributed by atoms with Crippen molar-refractivity contribution in [1.29, 1.82) is 0 Å². The van der Waals surface area contributed by atoms with Crippen LogP contribution in [0.5, 0.6) is 23.0 Å². The second-order valence-electron chi connectivity index (χ2n) is 6.99. The highest BCUT2D eigenvalue weighted by Gasteiger charge is 2.13. The first-order valence-corrected chi connectivity index (χ1v) is 10.9. The van der Waals surface area contributed by atoms with Gasteiger partial charge in [-0.3, -0.25) is 4.79 Å². The summed E-state index contributed by atoms with van der Waals surface area (Å²) in [4.78, 5) is 23.9. The van der Waals surface area contributed by atoms with Crippen molar-refractivity contribution in [2.45, 2.75) is 13.3 Å². The minimum absolute atomic E-state index is 0.355. The molecule has 0 aliphatic carbocycles. The van der Waals surface area contributed by atoms with E-state index in [9.17, 15) is 9.59 Å². The molecule has 2 aromatic carbocycles. The van der Waals surface area contributed by atoms with Gasteiger partial charge in [-0.2, -0.15) is 0 Å². The van der Waals surface area contributed by atoms with Crippen LogP contribution in [-0.2, 0) is 20.7 Å². The van der Waals surface area contributed by atoms with Gasteiger partial charge < -0.3 is 29.0 Å². The summed E-state index contributed by atoms with van der Waals surface area (Å²) in [6.45, 7) is 3.36. The average molecular weight is 476 g/mol. The highest BCUT2D eigenvalue weighted by Crippen LogP contribution is 2.36. The van der Waals surface area contributed by atoms with E-state index in [0.29, 0.717) is 60.6 Å². The van der Waals surface area contributed by atoms with E-state index in [1.54, 1.807) is 12.1 Å². The van der Waals surface area contributed by atoms with Crippen molar-refractivity contribution in [3.8, 4) is 23.0 Å². The van der Waals surface area contributed by atoms with Crippen LogP contribution in [0, 0.1) is 0 Å². The zero-order valence-corrected chi connectivity index (χ0v) is 19.3. The lowest BCUT2D eigenvalue weighted by Gasteiger charge is -2.18. The second kappa shape index (κ2) is 12.0. The fourth-order valence-corrected chi connectivity index (χ4v) is 3.43. The van der Waals surface area contributed by atoms with Gasteiger partial charge in [0.05, 0.1) is 18.7 Å². The maximum Gasteiger partial charge on any atom is 0.331 e. The van der Waals surface area contributed by atoms with Crippen LogP contribution in [0.1, 0.15) is 18.1 Å². The zero-order valence-electron chi connectivity index (χ0n) is 18.5. The standard InChI is InChI=1S/C24H26ClNO7/c1-3-30-21-14-17(12-18(25)24(21)29-2)5-7-23(28)33-15-22(27)26-9-8-16-4-6-19-20(13-16)32-11-10-31-19/h4-7,12-14H,3,8-11,15H2,1-2H3,(H,26,27). The lowest BCUT2D eigenvalue weighted by atomic mass is 10.1. The smallest absolute Gasteiger partial charge is 0.331 e. The molecule has 8 nitrogen and oxygen atoms in total. The van der Waals surface area contributed by atoms with E-state index in [1.165, 1.54) is 19.3 Å². The molecule has 9 heteroatoms. The Morgan fingerprint density at radius 1 is 1.15 bits per heavy atom. The Labute approximate surface area is 197 Å². The molecule has 0 aromatic heterocycles. The molecule has 1 amide bonds. The molecule has 1 aliphatic heterocycles. The topological polar surface area (TPSA) is 92.3 Å². The number of ether oxygens (including phenoxy) is 5. The molecule has 1 aliphatic rings. The van der Waals surface area contributed by atoms with Crippen LogP contribution in [0.3, 0.4) is 0 Å². The van der Waals surface area contributed by atoms with Crippen LogP contribution in [-0.4, -0.2) is 52.0 Å². The van der Waals surface area contributed by atoms with E-state index in [2.05, 4.69) is 5.32 Å². The Morgan fingerprint density at radius 3 is 2.70 bits per heavy atom. The monoisotopic (exact) mass is 475 g/mol. The van der Waals surface area contributed by atoms with E-state index in [0.717, 1.165) is 11.3 Å². The number of hydrogen-bond donors (Lipinski definition) is 1. The average Bonchev–Trinajstić information content (AvgIpc) is 2.81. The minimum atomic E-state index is -0.651. The molecule has 3 rings (SSSR count). The molecule has 0 unspecified atom stereocenters. The third-order valence-electron chi connectivity index (χ3n) is 4.64. The Hall–Kier alpha value is -3.39. The van der Waals surface area contributed by atoms with Crippen LogP contribution >= 0.6 is 11.6 Å². The molecule has 0 saturated heterocycles. The number of esters is 1. The highest BCUT2D eigenvalue weighted by atomic mass is 35.5. The number of methoxy groups -OCH3 is 1. The van der Waals surface area contributed by atoms with Crippen LogP contribution in [0.25, 0.3) is 6.08 Å². The van der Waals surface area contributed by atoms with Crippen molar-refractivity contribution < 1.29 is 33.3 Å². The van der Waals surface area contributed by atoms with E-state index >= 15 is 0 Å². The summed E-state index contributed by atoms with van der Waals surface area (Å²) in [6, 6.07) is 9.01. The zero-order chi connectivity index (χ0) is 23.6. The number of halogens is 1. The van der Waals surface area contributed by atoms with Crippen LogP contribution < -0.4 is 24.3 Å². The molecule has 0 atom stereocenters. The molecule has 0 bridgehead atoms. The van der Waals surface area contributed by atoms with Crippen LogP contribution in [0.4, 0.5) is 0 Å². The number of carbonyl (C=O) groups excluding carboxylic acids is 2. The van der Waals surface area contributed by atoms with Crippen molar-refractivity contribution in [3.05, 3.63) is 52.6 Å². The molecule has 0 spiro atoms. The van der Waals surface area contributed by atoms with Gasteiger partial charge in [-0.25, -0.2) is 4.79 Å². The van der Waals surface area contributed by atoms with Crippen molar-refractivity contribution >= 4 is 29.6 Å². The molecular weight excluding hydrogens is 450 g/mol. The Bertz CT molecular complexity index is 1020. The number of rotatable bonds is 10. The molecule has 1 N–H and O–H groups in total. The molecule has 2 aromatic rings. The van der Waals surface area contributed by atoms with Gasteiger partial charge in [0, 0.05) is 12.6 Å². The van der Waals surface area contributed by atoms with E-state index in [1.807, 2.05) is 25.1 Å². The van der Waals surface area contributed by atoms with Crippen LogP contribution in [0.2, 0.25) is 5.02 Å². The summed E-state index contributed by atoms with van der Waals surface area (Å²) in [5.74, 6) is 1.28. The number of amides is 1. The minimum Gasteiger partial charge on any atom is -0.491 e. The number of fused-ring (bicyclic) bond motifs is 1. The van der Waals surface area contributed by atoms with E-state index in [-0.39, 0.29) is 12.5 Å². The molecule has 0 saturated carbocycles. The predicted molar refractivity (Wildman–Crippen MR) is 123 cm³/mol. The Kier molecular flexibility index (Phi) is 8.83. The molecule has 1 heterocycles. The molecule has 0 radical (unpaired) electrons. The van der Waals surface area contributed by atoms with Crippen molar-refractivity contribution in [2.24, 2.45) is 0 Å². The largest absolute Gasteiger partial charge is 0.491 e. The first kappa shape index (κ1) is 24.3. The van der Waals surface area contributed by atoms with Crippen molar-refractivity contribution in [3.63, 3.8) is 0 Å². The van der Waals surface area contributed by atoms with Gasteiger partial charge in [-0.05, 0) is 54.8 Å². The Morgan fingerprint density at radius 2 is 1.94 bits per heavy atom. The fourth-order valence-electron chi connectivity index (χ4n) is 3.13.